The molecule has 0 saturated heterocycles. The highest BCUT2D eigenvalue weighted by molar-refractivity contribution is 5.28. The van der Waals surface area contributed by atoms with E-state index in [9.17, 15) is 0 Å². The zero-order valence-corrected chi connectivity index (χ0v) is 10.5. The van der Waals surface area contributed by atoms with Gasteiger partial charge in [-0.05, 0) is 18.8 Å². The number of aromatic nitrogens is 2. The van der Waals surface area contributed by atoms with E-state index in [0.717, 1.165) is 18.9 Å². The molecule has 3 heteroatoms. The van der Waals surface area contributed by atoms with Crippen molar-refractivity contribution in [2.24, 2.45) is 5.41 Å². The van der Waals surface area contributed by atoms with Gasteiger partial charge >= 0.3 is 0 Å². The molecule has 1 N–H and O–H groups in total. The number of hydrogen-bond acceptors (Lipinski definition) is 2. The summed E-state index contributed by atoms with van der Waals surface area (Å²) in [6.07, 6.45) is 5.02. The first-order chi connectivity index (χ1) is 6.95. The summed E-state index contributed by atoms with van der Waals surface area (Å²) in [6, 6.07) is 0.413. The zero-order chi connectivity index (χ0) is 11.5. The van der Waals surface area contributed by atoms with E-state index in [2.05, 4.69) is 49.5 Å². The summed E-state index contributed by atoms with van der Waals surface area (Å²) >= 11 is 0. The summed E-state index contributed by atoms with van der Waals surface area (Å²) in [5, 5.41) is 3.47. The first-order valence-corrected chi connectivity index (χ1v) is 5.72. The Bertz CT molecular complexity index is 296. The maximum absolute atomic E-state index is 4.34. The van der Waals surface area contributed by atoms with Crippen LogP contribution in [0.3, 0.4) is 0 Å². The molecule has 0 bridgehead atoms. The lowest BCUT2D eigenvalue weighted by molar-refractivity contribution is 0.357. The number of nitrogens with one attached hydrogen (secondary N) is 1. The molecule has 0 amide bonds. The van der Waals surface area contributed by atoms with E-state index in [1.165, 1.54) is 0 Å². The Kier molecular flexibility index (Phi) is 3.77. The van der Waals surface area contributed by atoms with Crippen LogP contribution in [0.25, 0.3) is 0 Å². The highest BCUT2D eigenvalue weighted by atomic mass is 15.2. The molecule has 1 rings (SSSR count). The largest absolute Gasteiger partial charge is 0.353 e. The van der Waals surface area contributed by atoms with E-state index < -0.39 is 0 Å². The van der Waals surface area contributed by atoms with E-state index in [-0.39, 0.29) is 5.41 Å². The molecule has 15 heavy (non-hydrogen) atoms. The zero-order valence-electron chi connectivity index (χ0n) is 10.5. The predicted molar refractivity (Wildman–Crippen MR) is 65.1 cm³/mol. The van der Waals surface area contributed by atoms with Gasteiger partial charge in [0.15, 0.2) is 0 Å². The highest BCUT2D eigenvalue weighted by Crippen LogP contribution is 2.22. The van der Waals surface area contributed by atoms with E-state index in [1.807, 2.05) is 12.4 Å². The number of imidazole rings is 1. The molecular formula is C12H23N3. The monoisotopic (exact) mass is 209 g/mol. The van der Waals surface area contributed by atoms with Crippen molar-refractivity contribution in [3.8, 4) is 0 Å². The summed E-state index contributed by atoms with van der Waals surface area (Å²) in [7, 11) is 0. The SMILES string of the molecule is CCCn1ccnc1NC(C)C(C)(C)C. The van der Waals surface area contributed by atoms with Gasteiger partial charge in [-0.1, -0.05) is 27.7 Å². The molecule has 0 aliphatic carbocycles. The van der Waals surface area contributed by atoms with Gasteiger partial charge in [-0.3, -0.25) is 0 Å². The van der Waals surface area contributed by atoms with Crippen LogP contribution in [0.15, 0.2) is 12.4 Å². The van der Waals surface area contributed by atoms with Crippen molar-refractivity contribution < 1.29 is 0 Å². The van der Waals surface area contributed by atoms with Gasteiger partial charge in [-0.2, -0.15) is 0 Å². The molecule has 0 radical (unpaired) electrons. The van der Waals surface area contributed by atoms with Crippen molar-refractivity contribution >= 4 is 5.95 Å². The second-order valence-electron chi connectivity index (χ2n) is 5.18. The number of hydrogen-bond donors (Lipinski definition) is 1. The number of rotatable bonds is 4. The average Bonchev–Trinajstić information content (AvgIpc) is 2.52. The third-order valence-corrected chi connectivity index (χ3v) is 2.82. The third kappa shape index (κ3) is 3.26. The molecule has 1 aromatic rings. The van der Waals surface area contributed by atoms with Crippen molar-refractivity contribution in [3.63, 3.8) is 0 Å². The van der Waals surface area contributed by atoms with Crippen molar-refractivity contribution in [2.45, 2.75) is 53.6 Å². The summed E-state index contributed by atoms with van der Waals surface area (Å²) in [4.78, 5) is 4.34. The molecule has 86 valence electrons. The van der Waals surface area contributed by atoms with Crippen LogP contribution in [0.2, 0.25) is 0 Å². The van der Waals surface area contributed by atoms with E-state index in [0.29, 0.717) is 6.04 Å². The minimum atomic E-state index is 0.253. The van der Waals surface area contributed by atoms with E-state index in [4.69, 9.17) is 0 Å². The fourth-order valence-electron chi connectivity index (χ4n) is 1.28. The minimum Gasteiger partial charge on any atom is -0.353 e. The van der Waals surface area contributed by atoms with Crippen LogP contribution in [-0.4, -0.2) is 15.6 Å². The second-order valence-corrected chi connectivity index (χ2v) is 5.18. The summed E-state index contributed by atoms with van der Waals surface area (Å²) in [5.41, 5.74) is 0.253. The highest BCUT2D eigenvalue weighted by Gasteiger charge is 2.20. The molecule has 0 aliphatic heterocycles. The first-order valence-electron chi connectivity index (χ1n) is 5.72. The molecule has 0 spiro atoms. The van der Waals surface area contributed by atoms with Crippen LogP contribution in [-0.2, 0) is 6.54 Å². The lowest BCUT2D eigenvalue weighted by Crippen LogP contribution is -2.32. The fourth-order valence-corrected chi connectivity index (χ4v) is 1.28. The molecule has 1 unspecified atom stereocenters. The van der Waals surface area contributed by atoms with Gasteiger partial charge in [0.1, 0.15) is 0 Å². The standard InChI is InChI=1S/C12H23N3/c1-6-8-15-9-7-13-11(15)14-10(2)12(3,4)5/h7,9-10H,6,8H2,1-5H3,(H,13,14). The predicted octanol–water partition coefficient (Wildman–Crippen LogP) is 3.14. The Morgan fingerprint density at radius 3 is 2.67 bits per heavy atom. The van der Waals surface area contributed by atoms with Gasteiger partial charge in [0.25, 0.3) is 0 Å². The topological polar surface area (TPSA) is 29.9 Å². The average molecular weight is 209 g/mol. The second kappa shape index (κ2) is 4.69. The summed E-state index contributed by atoms with van der Waals surface area (Å²) in [6.45, 7) is 12.1. The molecule has 1 heterocycles. The van der Waals surface area contributed by atoms with Gasteiger partial charge in [-0.25, -0.2) is 4.98 Å². The summed E-state index contributed by atoms with van der Waals surface area (Å²) < 4.78 is 2.17. The van der Waals surface area contributed by atoms with Gasteiger partial charge < -0.3 is 9.88 Å². The van der Waals surface area contributed by atoms with Gasteiger partial charge in [0.05, 0.1) is 0 Å². The van der Waals surface area contributed by atoms with Gasteiger partial charge in [0, 0.05) is 25.0 Å². The van der Waals surface area contributed by atoms with E-state index >= 15 is 0 Å². The van der Waals surface area contributed by atoms with E-state index in [1.54, 1.807) is 0 Å². The first kappa shape index (κ1) is 12.1. The minimum absolute atomic E-state index is 0.253. The molecule has 0 aliphatic rings. The number of nitrogens with zero attached hydrogens (tertiary/aromatic N) is 2. The van der Waals surface area contributed by atoms with Crippen LogP contribution >= 0.6 is 0 Å². The van der Waals surface area contributed by atoms with Crippen molar-refractivity contribution in [1.82, 2.24) is 9.55 Å². The Balaban J connectivity index is 2.68. The van der Waals surface area contributed by atoms with Crippen LogP contribution in [0.1, 0.15) is 41.0 Å². The Morgan fingerprint density at radius 2 is 2.13 bits per heavy atom. The molecular weight excluding hydrogens is 186 g/mol. The van der Waals surface area contributed by atoms with Crippen molar-refractivity contribution in [1.29, 1.82) is 0 Å². The molecule has 3 nitrogen and oxygen atoms in total. The lowest BCUT2D eigenvalue weighted by Gasteiger charge is -2.28. The van der Waals surface area contributed by atoms with Crippen LogP contribution in [0, 0.1) is 5.41 Å². The number of aryl methyl sites for hydroxylation is 1. The molecule has 0 aromatic carbocycles. The quantitative estimate of drug-likeness (QED) is 0.825. The molecule has 1 atom stereocenters. The Morgan fingerprint density at radius 1 is 1.47 bits per heavy atom. The van der Waals surface area contributed by atoms with Crippen LogP contribution in [0.4, 0.5) is 5.95 Å². The van der Waals surface area contributed by atoms with Crippen molar-refractivity contribution in [3.05, 3.63) is 12.4 Å². The molecule has 0 saturated carbocycles. The van der Waals surface area contributed by atoms with Gasteiger partial charge in [0.2, 0.25) is 5.95 Å². The fraction of sp³-hybridized carbons (Fsp3) is 0.750. The number of anilines is 1. The Labute approximate surface area is 92.9 Å². The molecule has 1 aromatic heterocycles. The molecule has 0 fully saturated rings. The Hall–Kier alpha value is -0.990. The van der Waals surface area contributed by atoms with Crippen LogP contribution in [0.5, 0.6) is 0 Å². The van der Waals surface area contributed by atoms with Gasteiger partial charge in [-0.15, -0.1) is 0 Å². The lowest BCUT2D eigenvalue weighted by atomic mass is 9.88. The van der Waals surface area contributed by atoms with Crippen LogP contribution < -0.4 is 5.32 Å². The smallest absolute Gasteiger partial charge is 0.202 e. The maximum atomic E-state index is 4.34. The normalized spacial score (nSPS) is 13.9. The summed E-state index contributed by atoms with van der Waals surface area (Å²) in [5.74, 6) is 0.985. The maximum Gasteiger partial charge on any atom is 0.202 e. The third-order valence-electron chi connectivity index (χ3n) is 2.82. The van der Waals surface area contributed by atoms with Crippen molar-refractivity contribution in [2.75, 3.05) is 5.32 Å².